The third kappa shape index (κ3) is 4.37. The molecule has 0 aliphatic heterocycles. The van der Waals surface area contributed by atoms with Crippen LogP contribution in [0.2, 0.25) is 0 Å². The molecule has 3 rings (SSSR count). The van der Waals surface area contributed by atoms with E-state index in [1.807, 2.05) is 68.6 Å². The number of fused-ring (bicyclic) bond motifs is 1. The van der Waals surface area contributed by atoms with Gasteiger partial charge in [0.05, 0.1) is 0 Å². The molecule has 0 fully saturated rings. The lowest BCUT2D eigenvalue weighted by Gasteiger charge is -2.21. The molecule has 0 saturated carbocycles. The first-order valence-electron chi connectivity index (χ1n) is 8.95. The van der Waals surface area contributed by atoms with Crippen molar-refractivity contribution in [1.29, 1.82) is 0 Å². The number of carbonyl (C=O) groups excluding carboxylic acids is 2. The number of amides is 1. The highest BCUT2D eigenvalue weighted by Gasteiger charge is 2.26. The van der Waals surface area contributed by atoms with Gasteiger partial charge in [-0.25, -0.2) is 4.79 Å². The zero-order valence-electron chi connectivity index (χ0n) is 15.7. The van der Waals surface area contributed by atoms with Crippen LogP contribution in [0.5, 0.6) is 0 Å². The Morgan fingerprint density at radius 1 is 1.07 bits per heavy atom. The molecule has 0 radical (unpaired) electrons. The van der Waals surface area contributed by atoms with Crippen LogP contribution in [0.3, 0.4) is 0 Å². The molecule has 4 nitrogen and oxygen atoms in total. The summed E-state index contributed by atoms with van der Waals surface area (Å²) in [5, 5.41) is 5.94. The van der Waals surface area contributed by atoms with Crippen molar-refractivity contribution in [1.82, 2.24) is 5.32 Å². The summed E-state index contributed by atoms with van der Waals surface area (Å²) in [7, 11) is 0. The molecule has 1 amide bonds. The summed E-state index contributed by atoms with van der Waals surface area (Å²) < 4.78 is 6.70. The highest BCUT2D eigenvalue weighted by molar-refractivity contribution is 7.17. The fourth-order valence-corrected chi connectivity index (χ4v) is 3.88. The van der Waals surface area contributed by atoms with Gasteiger partial charge < -0.3 is 10.1 Å². The van der Waals surface area contributed by atoms with Crippen molar-refractivity contribution in [3.63, 3.8) is 0 Å². The van der Waals surface area contributed by atoms with E-state index in [1.54, 1.807) is 17.4 Å². The lowest BCUT2D eigenvalue weighted by atomic mass is 10.0. The van der Waals surface area contributed by atoms with Crippen LogP contribution in [0.4, 0.5) is 0 Å². The lowest BCUT2D eigenvalue weighted by molar-refractivity contribution is -0.148. The topological polar surface area (TPSA) is 55.4 Å². The maximum Gasteiger partial charge on any atom is 0.329 e. The van der Waals surface area contributed by atoms with Crippen LogP contribution in [0.15, 0.2) is 53.9 Å². The summed E-state index contributed by atoms with van der Waals surface area (Å²) in [5.41, 5.74) is 2.42. The van der Waals surface area contributed by atoms with E-state index in [9.17, 15) is 9.59 Å². The number of carbonyl (C=O) groups is 2. The molecule has 0 saturated heterocycles. The minimum atomic E-state index is -0.693. The summed E-state index contributed by atoms with van der Waals surface area (Å²) >= 11 is 1.63. The SMILES string of the molecule is Cc1ccccc1C(=O)N[C@H](C(=O)OCc1csc2ccccc12)C(C)C. The summed E-state index contributed by atoms with van der Waals surface area (Å²) in [4.78, 5) is 25.2. The van der Waals surface area contributed by atoms with E-state index in [4.69, 9.17) is 4.74 Å². The molecule has 140 valence electrons. The Labute approximate surface area is 163 Å². The summed E-state index contributed by atoms with van der Waals surface area (Å²) in [5.74, 6) is -0.753. The Bertz CT molecular complexity index is 961. The molecular weight excluding hydrogens is 358 g/mol. The maximum atomic E-state index is 12.6. The van der Waals surface area contributed by atoms with Crippen molar-refractivity contribution in [2.75, 3.05) is 0 Å². The molecule has 1 N–H and O–H groups in total. The van der Waals surface area contributed by atoms with Crippen molar-refractivity contribution < 1.29 is 14.3 Å². The highest BCUT2D eigenvalue weighted by Crippen LogP contribution is 2.26. The van der Waals surface area contributed by atoms with E-state index in [2.05, 4.69) is 5.32 Å². The standard InChI is InChI=1S/C22H23NO3S/c1-14(2)20(23-21(24)17-9-5-4-8-15(17)3)22(25)26-12-16-13-27-19-11-7-6-10-18(16)19/h4-11,13-14,20H,12H2,1-3H3,(H,23,24)/t20-/m0/s1. The predicted molar refractivity (Wildman–Crippen MR) is 109 cm³/mol. The van der Waals surface area contributed by atoms with Crippen LogP contribution in [-0.2, 0) is 16.1 Å². The van der Waals surface area contributed by atoms with Gasteiger partial charge in [-0.05, 0) is 41.3 Å². The zero-order chi connectivity index (χ0) is 19.4. The number of hydrogen-bond donors (Lipinski definition) is 1. The van der Waals surface area contributed by atoms with Crippen LogP contribution in [0.25, 0.3) is 10.1 Å². The second-order valence-corrected chi connectivity index (χ2v) is 7.79. The summed E-state index contributed by atoms with van der Waals surface area (Å²) in [6, 6.07) is 14.7. The number of rotatable bonds is 6. The second kappa shape index (κ2) is 8.35. The number of thiophene rings is 1. The van der Waals surface area contributed by atoms with Gasteiger partial charge in [0, 0.05) is 15.8 Å². The van der Waals surface area contributed by atoms with Gasteiger partial charge in [0.2, 0.25) is 0 Å². The molecule has 1 aromatic heterocycles. The first-order chi connectivity index (χ1) is 13.0. The highest BCUT2D eigenvalue weighted by atomic mass is 32.1. The predicted octanol–water partition coefficient (Wildman–Crippen LogP) is 4.71. The van der Waals surface area contributed by atoms with Gasteiger partial charge in [-0.15, -0.1) is 11.3 Å². The monoisotopic (exact) mass is 381 g/mol. The number of nitrogens with one attached hydrogen (secondary N) is 1. The van der Waals surface area contributed by atoms with Crippen LogP contribution >= 0.6 is 11.3 Å². The first kappa shape index (κ1) is 19.1. The van der Waals surface area contributed by atoms with Gasteiger partial charge in [0.25, 0.3) is 5.91 Å². The van der Waals surface area contributed by atoms with E-state index in [1.165, 1.54) is 0 Å². The van der Waals surface area contributed by atoms with Crippen molar-refractivity contribution in [2.45, 2.75) is 33.4 Å². The van der Waals surface area contributed by atoms with Crippen LogP contribution < -0.4 is 5.32 Å². The third-order valence-electron chi connectivity index (χ3n) is 4.53. The van der Waals surface area contributed by atoms with Gasteiger partial charge in [-0.2, -0.15) is 0 Å². The van der Waals surface area contributed by atoms with E-state index >= 15 is 0 Å². The molecule has 2 aromatic carbocycles. The van der Waals surface area contributed by atoms with Crippen molar-refractivity contribution in [3.8, 4) is 0 Å². The van der Waals surface area contributed by atoms with Crippen molar-refractivity contribution in [2.24, 2.45) is 5.92 Å². The molecular formula is C22H23NO3S. The van der Waals surface area contributed by atoms with Crippen molar-refractivity contribution >= 4 is 33.3 Å². The third-order valence-corrected chi connectivity index (χ3v) is 5.54. The van der Waals surface area contributed by atoms with Gasteiger partial charge in [-0.3, -0.25) is 4.79 Å². The first-order valence-corrected chi connectivity index (χ1v) is 9.83. The largest absolute Gasteiger partial charge is 0.459 e. The molecule has 27 heavy (non-hydrogen) atoms. The quantitative estimate of drug-likeness (QED) is 0.629. The number of aryl methyl sites for hydroxylation is 1. The minimum absolute atomic E-state index is 0.0790. The Balaban J connectivity index is 1.68. The lowest BCUT2D eigenvalue weighted by Crippen LogP contribution is -2.45. The van der Waals surface area contributed by atoms with E-state index < -0.39 is 12.0 Å². The molecule has 5 heteroatoms. The number of hydrogen-bond acceptors (Lipinski definition) is 4. The molecule has 0 unspecified atom stereocenters. The van der Waals surface area contributed by atoms with E-state index in [0.717, 1.165) is 21.2 Å². The van der Waals surface area contributed by atoms with Crippen LogP contribution in [-0.4, -0.2) is 17.9 Å². The van der Waals surface area contributed by atoms with Gasteiger partial charge in [0.15, 0.2) is 0 Å². The second-order valence-electron chi connectivity index (χ2n) is 6.87. The summed E-state index contributed by atoms with van der Waals surface area (Å²) in [6.07, 6.45) is 0. The normalized spacial score (nSPS) is 12.1. The Morgan fingerprint density at radius 2 is 1.78 bits per heavy atom. The van der Waals surface area contributed by atoms with Crippen LogP contribution in [0, 0.1) is 12.8 Å². The molecule has 0 aliphatic rings. The number of benzene rings is 2. The number of esters is 1. The Hall–Kier alpha value is -2.66. The minimum Gasteiger partial charge on any atom is -0.459 e. The Morgan fingerprint density at radius 3 is 2.52 bits per heavy atom. The van der Waals surface area contributed by atoms with Gasteiger partial charge >= 0.3 is 5.97 Å². The van der Waals surface area contributed by atoms with Gasteiger partial charge in [-0.1, -0.05) is 50.2 Å². The average Bonchev–Trinajstić information content (AvgIpc) is 3.07. The molecule has 0 bridgehead atoms. The number of ether oxygens (including phenoxy) is 1. The molecule has 3 aromatic rings. The zero-order valence-corrected chi connectivity index (χ0v) is 16.5. The Kier molecular flexibility index (Phi) is 5.91. The molecule has 0 aliphatic carbocycles. The van der Waals surface area contributed by atoms with E-state index in [0.29, 0.717) is 5.56 Å². The fourth-order valence-electron chi connectivity index (χ4n) is 2.93. The van der Waals surface area contributed by atoms with Gasteiger partial charge in [0.1, 0.15) is 12.6 Å². The smallest absolute Gasteiger partial charge is 0.329 e. The van der Waals surface area contributed by atoms with Crippen LogP contribution in [0.1, 0.15) is 35.3 Å². The molecule has 1 atom stereocenters. The average molecular weight is 381 g/mol. The summed E-state index contributed by atoms with van der Waals surface area (Å²) in [6.45, 7) is 5.86. The fraction of sp³-hybridized carbons (Fsp3) is 0.273. The van der Waals surface area contributed by atoms with E-state index in [-0.39, 0.29) is 18.4 Å². The maximum absolute atomic E-state index is 12.6. The molecule has 0 spiro atoms. The molecule has 1 heterocycles. The van der Waals surface area contributed by atoms with Crippen molar-refractivity contribution in [3.05, 3.63) is 70.6 Å².